The van der Waals surface area contributed by atoms with E-state index in [-0.39, 0.29) is 17.2 Å². The first kappa shape index (κ1) is 23.4. The van der Waals surface area contributed by atoms with Crippen LogP contribution in [-0.2, 0) is 14.3 Å². The standard InChI is InChI=1S/C22H27ClFN3O4/c1-21(2,3)31-19(28)15-11-17(14-10-13(23)6-7-16(14)24)25-26-18(15)27(5)12-22(4)8-9-30-20(22)29/h6-7,10-11,19,28H,8-9,12H2,1-5H3. The number of carbonyl (C=O) groups excluding carboxylic acids is 1. The average molecular weight is 452 g/mol. The summed E-state index contributed by atoms with van der Waals surface area (Å²) in [6.07, 6.45) is -0.775. The summed E-state index contributed by atoms with van der Waals surface area (Å²) in [5.41, 5.74) is -0.695. The Bertz CT molecular complexity index is 982. The first-order valence-electron chi connectivity index (χ1n) is 9.97. The zero-order valence-electron chi connectivity index (χ0n) is 18.3. The van der Waals surface area contributed by atoms with Crippen molar-refractivity contribution in [1.29, 1.82) is 0 Å². The molecule has 1 fully saturated rings. The molecule has 168 valence electrons. The van der Waals surface area contributed by atoms with Gasteiger partial charge in [-0.05, 0) is 58.4 Å². The van der Waals surface area contributed by atoms with Gasteiger partial charge in [0.1, 0.15) is 5.82 Å². The van der Waals surface area contributed by atoms with Crippen LogP contribution in [0.4, 0.5) is 10.2 Å². The smallest absolute Gasteiger partial charge is 0.313 e. The van der Waals surface area contributed by atoms with E-state index in [0.717, 1.165) is 0 Å². The number of carbonyl (C=O) groups is 1. The Hall–Kier alpha value is -2.29. The number of benzene rings is 1. The number of cyclic esters (lactones) is 1. The van der Waals surface area contributed by atoms with Gasteiger partial charge in [-0.15, -0.1) is 10.2 Å². The molecule has 0 amide bonds. The van der Waals surface area contributed by atoms with Crippen LogP contribution in [0.1, 0.15) is 46.0 Å². The van der Waals surface area contributed by atoms with Gasteiger partial charge in [-0.3, -0.25) is 4.79 Å². The Morgan fingerprint density at radius 3 is 2.68 bits per heavy atom. The number of aliphatic hydroxyl groups is 1. The fraction of sp³-hybridized carbons (Fsp3) is 0.500. The lowest BCUT2D eigenvalue weighted by Gasteiger charge is -2.30. The Morgan fingerprint density at radius 1 is 1.35 bits per heavy atom. The van der Waals surface area contributed by atoms with Crippen molar-refractivity contribution in [2.75, 3.05) is 25.1 Å². The molecule has 0 bridgehead atoms. The molecular weight excluding hydrogens is 425 g/mol. The summed E-state index contributed by atoms with van der Waals surface area (Å²) in [5, 5.41) is 19.6. The van der Waals surface area contributed by atoms with E-state index in [2.05, 4.69) is 10.2 Å². The molecule has 1 aromatic carbocycles. The number of hydrogen-bond donors (Lipinski definition) is 1. The van der Waals surface area contributed by atoms with Gasteiger partial charge < -0.3 is 19.5 Å². The topological polar surface area (TPSA) is 84.8 Å². The molecule has 7 nitrogen and oxygen atoms in total. The molecule has 9 heteroatoms. The zero-order valence-corrected chi connectivity index (χ0v) is 19.0. The zero-order chi connectivity index (χ0) is 23.0. The molecule has 2 unspecified atom stereocenters. The van der Waals surface area contributed by atoms with Crippen LogP contribution in [0.2, 0.25) is 5.02 Å². The van der Waals surface area contributed by atoms with E-state index in [1.165, 1.54) is 24.3 Å². The largest absolute Gasteiger partial charge is 0.465 e. The predicted octanol–water partition coefficient (Wildman–Crippen LogP) is 4.13. The van der Waals surface area contributed by atoms with Crippen molar-refractivity contribution in [3.63, 3.8) is 0 Å². The highest BCUT2D eigenvalue weighted by molar-refractivity contribution is 6.30. The number of hydrogen-bond acceptors (Lipinski definition) is 7. The summed E-state index contributed by atoms with van der Waals surface area (Å²) < 4.78 is 25.2. The summed E-state index contributed by atoms with van der Waals surface area (Å²) in [5.74, 6) is -0.472. The maximum absolute atomic E-state index is 14.4. The predicted molar refractivity (Wildman–Crippen MR) is 115 cm³/mol. The molecule has 1 aliphatic heterocycles. The molecule has 2 aromatic rings. The number of rotatable bonds is 6. The molecular formula is C22H27ClFN3O4. The van der Waals surface area contributed by atoms with Gasteiger partial charge in [0, 0.05) is 24.2 Å². The summed E-state index contributed by atoms with van der Waals surface area (Å²) in [6.45, 7) is 7.92. The number of ether oxygens (including phenoxy) is 2. The Balaban J connectivity index is 2.03. The first-order chi connectivity index (χ1) is 14.4. The minimum atomic E-state index is -1.35. The normalized spacial score (nSPS) is 19.9. The van der Waals surface area contributed by atoms with Crippen LogP contribution in [0.15, 0.2) is 24.3 Å². The van der Waals surface area contributed by atoms with Crippen molar-refractivity contribution in [2.24, 2.45) is 5.41 Å². The van der Waals surface area contributed by atoms with Gasteiger partial charge in [0.2, 0.25) is 0 Å². The Morgan fingerprint density at radius 2 is 2.06 bits per heavy atom. The molecule has 1 aromatic heterocycles. The number of aromatic nitrogens is 2. The second-order valence-electron chi connectivity index (χ2n) is 9.02. The number of halogens is 2. The highest BCUT2D eigenvalue weighted by Gasteiger charge is 2.41. The van der Waals surface area contributed by atoms with E-state index in [9.17, 15) is 14.3 Å². The van der Waals surface area contributed by atoms with Crippen LogP contribution < -0.4 is 4.90 Å². The molecule has 2 heterocycles. The van der Waals surface area contributed by atoms with Crippen molar-refractivity contribution in [3.05, 3.63) is 40.7 Å². The molecule has 1 aliphatic rings. The molecule has 31 heavy (non-hydrogen) atoms. The highest BCUT2D eigenvalue weighted by atomic mass is 35.5. The quantitative estimate of drug-likeness (QED) is 0.522. The maximum atomic E-state index is 14.4. The minimum Gasteiger partial charge on any atom is -0.465 e. The maximum Gasteiger partial charge on any atom is 0.313 e. The van der Waals surface area contributed by atoms with Gasteiger partial charge in [0.15, 0.2) is 12.1 Å². The monoisotopic (exact) mass is 451 g/mol. The third kappa shape index (κ3) is 5.31. The van der Waals surface area contributed by atoms with Gasteiger partial charge in [-0.2, -0.15) is 0 Å². The van der Waals surface area contributed by atoms with Gasteiger partial charge in [-0.25, -0.2) is 4.39 Å². The summed E-state index contributed by atoms with van der Waals surface area (Å²) >= 11 is 6.02. The number of aliphatic hydroxyl groups excluding tert-OH is 1. The van der Waals surface area contributed by atoms with Gasteiger partial charge in [0.25, 0.3) is 0 Å². The van der Waals surface area contributed by atoms with E-state index in [0.29, 0.717) is 36.0 Å². The number of nitrogens with zero attached hydrogens (tertiary/aromatic N) is 3. The molecule has 0 radical (unpaired) electrons. The van der Waals surface area contributed by atoms with Crippen LogP contribution >= 0.6 is 11.6 Å². The lowest BCUT2D eigenvalue weighted by Crippen LogP contribution is -2.38. The van der Waals surface area contributed by atoms with Crippen LogP contribution in [0, 0.1) is 11.2 Å². The lowest BCUT2D eigenvalue weighted by atomic mass is 9.88. The van der Waals surface area contributed by atoms with Gasteiger partial charge in [-0.1, -0.05) is 11.6 Å². The lowest BCUT2D eigenvalue weighted by molar-refractivity contribution is -0.169. The minimum absolute atomic E-state index is 0.157. The third-order valence-corrected chi connectivity index (χ3v) is 5.30. The van der Waals surface area contributed by atoms with Crippen molar-refractivity contribution < 1.29 is 23.8 Å². The Labute approximate surface area is 186 Å². The summed E-state index contributed by atoms with van der Waals surface area (Å²) in [4.78, 5) is 13.9. The van der Waals surface area contributed by atoms with Crippen LogP contribution in [-0.4, -0.2) is 47.1 Å². The molecule has 0 spiro atoms. The summed E-state index contributed by atoms with van der Waals surface area (Å²) in [6, 6.07) is 5.66. The highest BCUT2D eigenvalue weighted by Crippen LogP contribution is 2.35. The average Bonchev–Trinajstić information content (AvgIpc) is 3.00. The number of esters is 1. The van der Waals surface area contributed by atoms with Crippen molar-refractivity contribution in [3.8, 4) is 11.3 Å². The third-order valence-electron chi connectivity index (χ3n) is 5.07. The van der Waals surface area contributed by atoms with Gasteiger partial charge >= 0.3 is 5.97 Å². The second kappa shape index (κ2) is 8.68. The molecule has 1 saturated heterocycles. The second-order valence-corrected chi connectivity index (χ2v) is 9.45. The van der Waals surface area contributed by atoms with Gasteiger partial charge in [0.05, 0.1) is 28.9 Å². The van der Waals surface area contributed by atoms with Crippen LogP contribution in [0.25, 0.3) is 11.3 Å². The van der Waals surface area contributed by atoms with Crippen molar-refractivity contribution in [2.45, 2.75) is 46.0 Å². The molecule has 0 saturated carbocycles. The van der Waals surface area contributed by atoms with Crippen LogP contribution in [0.3, 0.4) is 0 Å². The molecule has 1 N–H and O–H groups in total. The summed E-state index contributed by atoms with van der Waals surface area (Å²) in [7, 11) is 1.74. The van der Waals surface area contributed by atoms with Crippen molar-refractivity contribution in [1.82, 2.24) is 10.2 Å². The van der Waals surface area contributed by atoms with E-state index >= 15 is 0 Å². The van der Waals surface area contributed by atoms with E-state index in [4.69, 9.17) is 21.1 Å². The van der Waals surface area contributed by atoms with Crippen molar-refractivity contribution >= 4 is 23.4 Å². The molecule has 3 rings (SSSR count). The fourth-order valence-corrected chi connectivity index (χ4v) is 3.66. The molecule has 0 aliphatic carbocycles. The number of anilines is 1. The Kier molecular flexibility index (Phi) is 6.55. The fourth-order valence-electron chi connectivity index (χ4n) is 3.49. The van der Waals surface area contributed by atoms with E-state index in [1.807, 2.05) is 6.92 Å². The van der Waals surface area contributed by atoms with E-state index in [1.54, 1.807) is 32.7 Å². The first-order valence-corrected chi connectivity index (χ1v) is 10.3. The SMILES string of the molecule is CN(CC1(C)CCOC1=O)c1nnc(-c2cc(Cl)ccc2F)cc1C(O)OC(C)(C)C. The van der Waals surface area contributed by atoms with Crippen LogP contribution in [0.5, 0.6) is 0 Å². The van der Waals surface area contributed by atoms with E-state index < -0.39 is 23.1 Å². The molecule has 2 atom stereocenters.